The van der Waals surface area contributed by atoms with Crippen molar-refractivity contribution in [3.63, 3.8) is 0 Å². The van der Waals surface area contributed by atoms with Gasteiger partial charge in [-0.3, -0.25) is 0 Å². The highest BCUT2D eigenvalue weighted by atomic mass is 32.2. The maximum absolute atomic E-state index is 12.3. The Balaban J connectivity index is 2.26. The third-order valence-corrected chi connectivity index (χ3v) is 6.65. The summed E-state index contributed by atoms with van der Waals surface area (Å²) in [4.78, 5) is 2.22. The molecule has 0 saturated heterocycles. The van der Waals surface area contributed by atoms with Crippen LogP contribution in [0.5, 0.6) is 0 Å². The molecule has 1 fully saturated rings. The third kappa shape index (κ3) is 3.02. The quantitative estimate of drug-likeness (QED) is 0.870. The number of nitrogens with zero attached hydrogens (tertiary/aromatic N) is 2. The van der Waals surface area contributed by atoms with Crippen LogP contribution in [0.15, 0.2) is 4.90 Å². The van der Waals surface area contributed by atoms with E-state index >= 15 is 0 Å². The lowest BCUT2D eigenvalue weighted by atomic mass is 10.3. The van der Waals surface area contributed by atoms with E-state index in [0.717, 1.165) is 12.5 Å². The van der Waals surface area contributed by atoms with Gasteiger partial charge >= 0.3 is 0 Å². The molecule has 1 saturated carbocycles. The molecule has 1 heterocycles. The number of anilines is 2. The van der Waals surface area contributed by atoms with E-state index < -0.39 is 9.84 Å². The largest absolute Gasteiger partial charge is 0.382 e. The molecule has 0 aliphatic heterocycles. The molecule has 7 heteroatoms. The van der Waals surface area contributed by atoms with Gasteiger partial charge in [-0.2, -0.15) is 4.37 Å². The molecule has 0 radical (unpaired) electrons. The first kappa shape index (κ1) is 14.6. The molecule has 0 aromatic carbocycles. The summed E-state index contributed by atoms with van der Waals surface area (Å²) in [6, 6.07) is 0. The summed E-state index contributed by atoms with van der Waals surface area (Å²) in [6.45, 7) is 4.94. The Kier molecular flexibility index (Phi) is 4.06. The van der Waals surface area contributed by atoms with Gasteiger partial charge in [-0.25, -0.2) is 8.42 Å². The van der Waals surface area contributed by atoms with Crippen LogP contribution in [0.3, 0.4) is 0 Å². The minimum absolute atomic E-state index is 0.121. The second kappa shape index (κ2) is 5.28. The number of nitrogen functional groups attached to an aromatic ring is 1. The molecular formula is C12H21N3O2S2. The van der Waals surface area contributed by atoms with Crippen LogP contribution in [0.25, 0.3) is 0 Å². The summed E-state index contributed by atoms with van der Waals surface area (Å²) >= 11 is 1.18. The summed E-state index contributed by atoms with van der Waals surface area (Å²) in [5.41, 5.74) is 5.76. The van der Waals surface area contributed by atoms with Gasteiger partial charge in [0, 0.05) is 13.6 Å². The second-order valence-electron chi connectivity index (χ2n) is 5.37. The van der Waals surface area contributed by atoms with E-state index in [1.54, 1.807) is 0 Å². The van der Waals surface area contributed by atoms with E-state index in [-0.39, 0.29) is 16.5 Å². The molecule has 5 nitrogen and oxygen atoms in total. The molecule has 1 aliphatic carbocycles. The molecule has 19 heavy (non-hydrogen) atoms. The number of hydrogen-bond donors (Lipinski definition) is 1. The molecule has 0 amide bonds. The monoisotopic (exact) mass is 303 g/mol. The molecule has 108 valence electrons. The summed E-state index contributed by atoms with van der Waals surface area (Å²) in [5.74, 6) is 1.67. The Labute approximate surface area is 118 Å². The standard InChI is InChI=1S/C12H21N3O2S2/c1-4-5-19(16,17)10-11(13)14-18-12(10)15(3)7-9-6-8(9)2/h8-9H,4-7H2,1-3H3,(H2,13,14). The summed E-state index contributed by atoms with van der Waals surface area (Å²) in [7, 11) is -1.40. The minimum atomic E-state index is -3.32. The third-order valence-electron chi connectivity index (χ3n) is 3.57. The fourth-order valence-electron chi connectivity index (χ4n) is 2.28. The normalized spacial score (nSPS) is 22.5. The first-order chi connectivity index (χ1) is 8.86. The Hall–Kier alpha value is -0.820. The fourth-order valence-corrected chi connectivity index (χ4v) is 5.03. The SMILES string of the molecule is CCCS(=O)(=O)c1c(N)nsc1N(C)CC1CC1C. The lowest BCUT2D eigenvalue weighted by Crippen LogP contribution is -2.22. The maximum Gasteiger partial charge on any atom is 0.185 e. The summed E-state index contributed by atoms with van der Waals surface area (Å²) < 4.78 is 28.6. The highest BCUT2D eigenvalue weighted by Crippen LogP contribution is 2.41. The Morgan fingerprint density at radius 3 is 2.68 bits per heavy atom. The first-order valence-electron chi connectivity index (χ1n) is 6.55. The van der Waals surface area contributed by atoms with Crippen molar-refractivity contribution < 1.29 is 8.42 Å². The van der Waals surface area contributed by atoms with Gasteiger partial charge in [0.25, 0.3) is 0 Å². The molecule has 1 aliphatic rings. The van der Waals surface area contributed by atoms with Crippen molar-refractivity contribution in [2.45, 2.75) is 31.6 Å². The molecule has 2 atom stereocenters. The van der Waals surface area contributed by atoms with Crippen molar-refractivity contribution in [2.75, 3.05) is 30.0 Å². The average Bonchev–Trinajstić information content (AvgIpc) is 2.85. The van der Waals surface area contributed by atoms with Crippen LogP contribution in [0, 0.1) is 11.8 Å². The summed E-state index contributed by atoms with van der Waals surface area (Å²) in [5, 5.41) is 0.685. The van der Waals surface area contributed by atoms with Crippen molar-refractivity contribution in [1.82, 2.24) is 4.37 Å². The molecule has 0 bridgehead atoms. The van der Waals surface area contributed by atoms with E-state index in [4.69, 9.17) is 5.73 Å². The van der Waals surface area contributed by atoms with Crippen LogP contribution in [-0.4, -0.2) is 32.1 Å². The van der Waals surface area contributed by atoms with Crippen LogP contribution in [-0.2, 0) is 9.84 Å². The first-order valence-corrected chi connectivity index (χ1v) is 8.98. The van der Waals surface area contributed by atoms with Gasteiger partial charge in [0.1, 0.15) is 9.90 Å². The van der Waals surface area contributed by atoms with Gasteiger partial charge < -0.3 is 10.6 Å². The maximum atomic E-state index is 12.3. The molecule has 2 unspecified atom stereocenters. The smallest absolute Gasteiger partial charge is 0.185 e. The van der Waals surface area contributed by atoms with Crippen molar-refractivity contribution >= 4 is 32.2 Å². The molecular weight excluding hydrogens is 282 g/mol. The van der Waals surface area contributed by atoms with Crippen LogP contribution in [0.2, 0.25) is 0 Å². The Bertz CT molecular complexity index is 553. The number of rotatable bonds is 6. The van der Waals surface area contributed by atoms with Crippen LogP contribution < -0.4 is 10.6 Å². The topological polar surface area (TPSA) is 76.3 Å². The number of sulfone groups is 1. The zero-order valence-corrected chi connectivity index (χ0v) is 13.2. The van der Waals surface area contributed by atoms with Crippen molar-refractivity contribution in [3.8, 4) is 0 Å². The second-order valence-corrected chi connectivity index (χ2v) is 8.17. The van der Waals surface area contributed by atoms with Gasteiger partial charge in [0.2, 0.25) is 0 Å². The number of hydrogen-bond acceptors (Lipinski definition) is 6. The lowest BCUT2D eigenvalue weighted by molar-refractivity contribution is 0.595. The van der Waals surface area contributed by atoms with Gasteiger partial charge in [-0.05, 0) is 36.2 Å². The van der Waals surface area contributed by atoms with Gasteiger partial charge in [0.15, 0.2) is 15.7 Å². The van der Waals surface area contributed by atoms with Gasteiger partial charge in [0.05, 0.1) is 5.75 Å². The van der Waals surface area contributed by atoms with E-state index in [0.29, 0.717) is 17.3 Å². The molecule has 1 aromatic heterocycles. The Morgan fingerprint density at radius 1 is 1.53 bits per heavy atom. The fraction of sp³-hybridized carbons (Fsp3) is 0.750. The van der Waals surface area contributed by atoms with E-state index in [1.165, 1.54) is 18.0 Å². The van der Waals surface area contributed by atoms with Crippen molar-refractivity contribution in [1.29, 1.82) is 0 Å². The molecule has 2 N–H and O–H groups in total. The van der Waals surface area contributed by atoms with Gasteiger partial charge in [-0.15, -0.1) is 0 Å². The van der Waals surface area contributed by atoms with E-state index in [9.17, 15) is 8.42 Å². The minimum Gasteiger partial charge on any atom is -0.382 e. The lowest BCUT2D eigenvalue weighted by Gasteiger charge is -2.18. The zero-order chi connectivity index (χ0) is 14.2. The van der Waals surface area contributed by atoms with Crippen molar-refractivity contribution in [3.05, 3.63) is 0 Å². The Morgan fingerprint density at radius 2 is 2.16 bits per heavy atom. The number of nitrogens with two attached hydrogens (primary N) is 1. The highest BCUT2D eigenvalue weighted by Gasteiger charge is 2.35. The molecule has 2 rings (SSSR count). The van der Waals surface area contributed by atoms with Crippen molar-refractivity contribution in [2.24, 2.45) is 11.8 Å². The molecule has 0 spiro atoms. The predicted molar refractivity (Wildman–Crippen MR) is 79.4 cm³/mol. The summed E-state index contributed by atoms with van der Waals surface area (Å²) in [6.07, 6.45) is 1.80. The van der Waals surface area contributed by atoms with E-state index in [1.807, 2.05) is 18.9 Å². The molecule has 1 aromatic rings. The van der Waals surface area contributed by atoms with Crippen LogP contribution >= 0.6 is 11.5 Å². The van der Waals surface area contributed by atoms with E-state index in [2.05, 4.69) is 11.3 Å². The number of aromatic nitrogens is 1. The van der Waals surface area contributed by atoms with Crippen LogP contribution in [0.1, 0.15) is 26.7 Å². The average molecular weight is 303 g/mol. The predicted octanol–water partition coefficient (Wildman–Crippen LogP) is 2.00. The highest BCUT2D eigenvalue weighted by molar-refractivity contribution is 7.91. The van der Waals surface area contributed by atoms with Crippen LogP contribution in [0.4, 0.5) is 10.8 Å². The zero-order valence-electron chi connectivity index (χ0n) is 11.6. The van der Waals surface area contributed by atoms with Gasteiger partial charge in [-0.1, -0.05) is 13.8 Å².